The van der Waals surface area contributed by atoms with Crippen LogP contribution in [-0.2, 0) is 0 Å². The van der Waals surface area contributed by atoms with Crippen LogP contribution >= 0.6 is 0 Å². The zero-order valence-electron chi connectivity index (χ0n) is 8.69. The molecule has 1 nitrogen and oxygen atoms in total. The van der Waals surface area contributed by atoms with Gasteiger partial charge in [0.2, 0.25) is 0 Å². The largest absolute Gasteiger partial charge is 0.307 e. The number of hydrogen-bond acceptors (Lipinski definition) is 1. The molecule has 1 saturated carbocycles. The van der Waals surface area contributed by atoms with E-state index in [-0.39, 0.29) is 0 Å². The molecule has 0 aliphatic heterocycles. The minimum atomic E-state index is 0.326. The summed E-state index contributed by atoms with van der Waals surface area (Å²) in [7, 11) is 0. The van der Waals surface area contributed by atoms with Crippen LogP contribution in [0.2, 0.25) is 0 Å². The van der Waals surface area contributed by atoms with Crippen molar-refractivity contribution in [2.75, 3.05) is 0 Å². The number of nitrogens with one attached hydrogen (secondary N) is 1. The smallest absolute Gasteiger partial charge is 0.0223 e. The molecule has 0 aromatic heterocycles. The summed E-state index contributed by atoms with van der Waals surface area (Å²) in [6.45, 7) is 9.03. The normalized spacial score (nSPS) is 20.2. The maximum absolute atomic E-state index is 3.53. The van der Waals surface area contributed by atoms with Gasteiger partial charge in [-0.1, -0.05) is 19.8 Å². The summed E-state index contributed by atoms with van der Waals surface area (Å²) < 4.78 is 0. The van der Waals surface area contributed by atoms with Crippen molar-refractivity contribution >= 4 is 0 Å². The van der Waals surface area contributed by atoms with E-state index in [2.05, 4.69) is 32.6 Å². The SMILES string of the molecule is CC[CH]NC(C)(C)C1CCCC1. The van der Waals surface area contributed by atoms with Gasteiger partial charge in [-0.25, -0.2) is 0 Å². The van der Waals surface area contributed by atoms with Crippen molar-refractivity contribution < 1.29 is 0 Å². The minimum absolute atomic E-state index is 0.326. The number of rotatable bonds is 4. The summed E-state index contributed by atoms with van der Waals surface area (Å²) in [4.78, 5) is 0. The third-order valence-electron chi connectivity index (χ3n) is 3.05. The van der Waals surface area contributed by atoms with Gasteiger partial charge in [-0.3, -0.25) is 0 Å². The first-order valence-electron chi connectivity index (χ1n) is 5.26. The molecule has 1 fully saturated rings. The Kier molecular flexibility index (Phi) is 3.57. The third-order valence-corrected chi connectivity index (χ3v) is 3.05. The summed E-state index contributed by atoms with van der Waals surface area (Å²) in [5.41, 5.74) is 0.326. The molecule has 0 aromatic carbocycles. The summed E-state index contributed by atoms with van der Waals surface area (Å²) >= 11 is 0. The molecular formula is C11H22N. The van der Waals surface area contributed by atoms with E-state index in [1.807, 2.05) is 0 Å². The van der Waals surface area contributed by atoms with Crippen LogP contribution in [-0.4, -0.2) is 5.54 Å². The molecule has 0 aromatic rings. The van der Waals surface area contributed by atoms with Crippen molar-refractivity contribution in [2.45, 2.75) is 58.4 Å². The van der Waals surface area contributed by atoms with E-state index in [0.717, 1.165) is 12.3 Å². The van der Waals surface area contributed by atoms with Crippen LogP contribution in [0.15, 0.2) is 0 Å². The van der Waals surface area contributed by atoms with Gasteiger partial charge in [0.05, 0.1) is 0 Å². The lowest BCUT2D eigenvalue weighted by molar-refractivity contribution is 0.272. The lowest BCUT2D eigenvalue weighted by Crippen LogP contribution is -2.43. The fourth-order valence-corrected chi connectivity index (χ4v) is 2.13. The lowest BCUT2D eigenvalue weighted by atomic mass is 9.86. The van der Waals surface area contributed by atoms with Crippen molar-refractivity contribution in [3.63, 3.8) is 0 Å². The molecule has 1 heteroatoms. The molecule has 0 heterocycles. The minimum Gasteiger partial charge on any atom is -0.307 e. The summed E-state index contributed by atoms with van der Waals surface area (Å²) in [5.74, 6) is 0.889. The van der Waals surface area contributed by atoms with E-state index in [0.29, 0.717) is 5.54 Å². The highest BCUT2D eigenvalue weighted by Crippen LogP contribution is 2.33. The molecular weight excluding hydrogens is 146 g/mol. The topological polar surface area (TPSA) is 12.0 Å². The average Bonchev–Trinajstić information content (AvgIpc) is 2.53. The molecule has 1 radical (unpaired) electrons. The van der Waals surface area contributed by atoms with Gasteiger partial charge in [-0.15, -0.1) is 0 Å². The van der Waals surface area contributed by atoms with E-state index in [9.17, 15) is 0 Å². The van der Waals surface area contributed by atoms with Crippen molar-refractivity contribution in [1.82, 2.24) is 5.32 Å². The van der Waals surface area contributed by atoms with Crippen LogP contribution in [0.5, 0.6) is 0 Å². The van der Waals surface area contributed by atoms with E-state index >= 15 is 0 Å². The summed E-state index contributed by atoms with van der Waals surface area (Å²) in [6, 6.07) is 0. The molecule has 1 aliphatic rings. The van der Waals surface area contributed by atoms with Gasteiger partial charge in [-0.05, 0) is 39.0 Å². The predicted molar refractivity (Wildman–Crippen MR) is 53.8 cm³/mol. The first-order chi connectivity index (χ1) is 5.67. The van der Waals surface area contributed by atoms with Crippen molar-refractivity contribution in [2.24, 2.45) is 5.92 Å². The molecule has 0 spiro atoms. The highest BCUT2D eigenvalue weighted by Gasteiger charge is 2.30. The number of hydrogen-bond donors (Lipinski definition) is 1. The highest BCUT2D eigenvalue weighted by atomic mass is 15.0. The van der Waals surface area contributed by atoms with Gasteiger partial charge in [0.25, 0.3) is 0 Å². The molecule has 0 atom stereocenters. The molecule has 0 bridgehead atoms. The van der Waals surface area contributed by atoms with Crippen LogP contribution in [0.25, 0.3) is 0 Å². The van der Waals surface area contributed by atoms with Crippen molar-refractivity contribution in [1.29, 1.82) is 0 Å². The Labute approximate surface area is 76.9 Å². The second-order valence-corrected chi connectivity index (χ2v) is 4.46. The first-order valence-corrected chi connectivity index (χ1v) is 5.26. The Morgan fingerprint density at radius 2 is 1.92 bits per heavy atom. The van der Waals surface area contributed by atoms with E-state index in [1.54, 1.807) is 0 Å². The molecule has 0 amide bonds. The van der Waals surface area contributed by atoms with Crippen LogP contribution in [0, 0.1) is 12.5 Å². The fraction of sp³-hybridized carbons (Fsp3) is 0.909. The molecule has 12 heavy (non-hydrogen) atoms. The van der Waals surface area contributed by atoms with Crippen LogP contribution in [0.1, 0.15) is 52.9 Å². The standard InChI is InChI=1S/C11H22N/c1-4-9-12-11(2,3)10-7-5-6-8-10/h9-10,12H,4-8H2,1-3H3. The summed E-state index contributed by atoms with van der Waals surface area (Å²) in [6.07, 6.45) is 6.81. The lowest BCUT2D eigenvalue weighted by Gasteiger charge is -2.32. The Bertz CT molecular complexity index is 123. The maximum Gasteiger partial charge on any atom is 0.0223 e. The molecule has 1 rings (SSSR count). The van der Waals surface area contributed by atoms with Gasteiger partial charge in [0.15, 0.2) is 0 Å². The summed E-state index contributed by atoms with van der Waals surface area (Å²) in [5, 5.41) is 3.53. The van der Waals surface area contributed by atoms with Gasteiger partial charge in [0.1, 0.15) is 0 Å². The maximum atomic E-state index is 3.53. The molecule has 0 saturated heterocycles. The van der Waals surface area contributed by atoms with Crippen molar-refractivity contribution in [3.8, 4) is 0 Å². The van der Waals surface area contributed by atoms with Gasteiger partial charge >= 0.3 is 0 Å². The second kappa shape index (κ2) is 4.27. The van der Waals surface area contributed by atoms with Crippen LogP contribution in [0.3, 0.4) is 0 Å². The quantitative estimate of drug-likeness (QED) is 0.680. The third kappa shape index (κ3) is 2.48. The Balaban J connectivity index is 2.34. The predicted octanol–water partition coefficient (Wildman–Crippen LogP) is 3.12. The van der Waals surface area contributed by atoms with E-state index < -0.39 is 0 Å². The first kappa shape index (κ1) is 10.0. The highest BCUT2D eigenvalue weighted by molar-refractivity contribution is 4.90. The van der Waals surface area contributed by atoms with Crippen LogP contribution in [0.4, 0.5) is 0 Å². The van der Waals surface area contributed by atoms with Gasteiger partial charge in [0, 0.05) is 12.1 Å². The molecule has 0 unspecified atom stereocenters. The van der Waals surface area contributed by atoms with Crippen LogP contribution < -0.4 is 5.32 Å². The van der Waals surface area contributed by atoms with Gasteiger partial charge < -0.3 is 5.32 Å². The van der Waals surface area contributed by atoms with Gasteiger partial charge in [-0.2, -0.15) is 0 Å². The zero-order valence-corrected chi connectivity index (χ0v) is 8.69. The fourth-order valence-electron chi connectivity index (χ4n) is 2.13. The average molecular weight is 168 g/mol. The zero-order chi connectivity index (χ0) is 9.03. The Morgan fingerprint density at radius 1 is 1.33 bits per heavy atom. The molecule has 1 aliphatic carbocycles. The Hall–Kier alpha value is -0.0400. The molecule has 1 N–H and O–H groups in total. The van der Waals surface area contributed by atoms with Crippen molar-refractivity contribution in [3.05, 3.63) is 6.54 Å². The van der Waals surface area contributed by atoms with E-state index in [1.165, 1.54) is 25.7 Å². The second-order valence-electron chi connectivity index (χ2n) is 4.46. The monoisotopic (exact) mass is 168 g/mol. The van der Waals surface area contributed by atoms with E-state index in [4.69, 9.17) is 0 Å². The Morgan fingerprint density at radius 3 is 2.42 bits per heavy atom. The molecule has 71 valence electrons.